The van der Waals surface area contributed by atoms with Crippen LogP contribution < -0.4 is 10.5 Å². The summed E-state index contributed by atoms with van der Waals surface area (Å²) >= 11 is 0. The number of methoxy groups -OCH3 is 1. The van der Waals surface area contributed by atoms with Crippen LogP contribution in [-0.4, -0.2) is 60.4 Å². The number of hydrogen-bond acceptors (Lipinski definition) is 5. The molecule has 0 radical (unpaired) electrons. The Kier molecular flexibility index (Phi) is 5.54. The Morgan fingerprint density at radius 2 is 1.95 bits per heavy atom. The SMILES string of the molecule is COc1cc(C(=O)N2C[C@H]3CC[C@@H]2[C@@H]3N)cc2nc(-c3cc4ccccc4n3CC3CC3)n(Cc3cnn(C)c3)c12. The number of hydrogen-bond donors (Lipinski definition) is 1. The van der Waals surface area contributed by atoms with E-state index in [9.17, 15) is 4.79 Å². The number of amides is 1. The van der Waals surface area contributed by atoms with Crippen LogP contribution in [0.1, 0.15) is 41.6 Å². The predicted molar refractivity (Wildman–Crippen MR) is 158 cm³/mol. The fraction of sp³-hybridized carbons (Fsp3) is 0.406. The normalized spacial score (nSPS) is 21.9. The Balaban J connectivity index is 1.31. The molecular weight excluding hydrogens is 514 g/mol. The van der Waals surface area contributed by atoms with Gasteiger partial charge in [0.1, 0.15) is 11.3 Å². The molecule has 9 nitrogen and oxygen atoms in total. The second-order valence-electron chi connectivity index (χ2n) is 12.2. The van der Waals surface area contributed by atoms with Crippen molar-refractivity contribution in [1.82, 2.24) is 28.8 Å². The van der Waals surface area contributed by atoms with E-state index in [0.29, 0.717) is 29.7 Å². The van der Waals surface area contributed by atoms with Crippen molar-refractivity contribution < 1.29 is 9.53 Å². The minimum atomic E-state index is 0.0130. The first-order valence-corrected chi connectivity index (χ1v) is 14.7. The van der Waals surface area contributed by atoms with E-state index in [1.54, 1.807) is 7.11 Å². The summed E-state index contributed by atoms with van der Waals surface area (Å²) in [6.45, 7) is 2.28. The van der Waals surface area contributed by atoms with E-state index in [0.717, 1.165) is 54.0 Å². The van der Waals surface area contributed by atoms with Crippen LogP contribution in [0, 0.1) is 11.8 Å². The van der Waals surface area contributed by atoms with Crippen LogP contribution in [0.2, 0.25) is 0 Å². The monoisotopic (exact) mass is 549 g/mol. The molecule has 2 N–H and O–H groups in total. The zero-order chi connectivity index (χ0) is 27.8. The van der Waals surface area contributed by atoms with E-state index in [1.807, 2.05) is 41.2 Å². The van der Waals surface area contributed by atoms with Gasteiger partial charge in [-0.15, -0.1) is 0 Å². The second kappa shape index (κ2) is 9.21. The van der Waals surface area contributed by atoms with Crippen LogP contribution in [-0.2, 0) is 20.1 Å². The minimum Gasteiger partial charge on any atom is -0.494 e. The molecule has 3 aromatic heterocycles. The van der Waals surface area contributed by atoms with Crippen molar-refractivity contribution in [1.29, 1.82) is 0 Å². The standard InChI is InChI=1S/C32H35N7O2/c1-36-15-20(14-34-36)17-39-30-24(11-23(13-28(30)41-2)32(40)38-18-22-9-10-26(38)29(22)33)35-31(39)27-12-21-5-3-4-6-25(21)37(27)16-19-7-8-19/h3-6,11-15,19,22,26,29H,7-10,16-18,33H2,1-2H3/t22-,26-,29-/m1/s1. The van der Waals surface area contributed by atoms with Gasteiger partial charge in [0.25, 0.3) is 5.91 Å². The molecular formula is C32H35N7O2. The third kappa shape index (κ3) is 3.97. The van der Waals surface area contributed by atoms with Gasteiger partial charge in [-0.05, 0) is 61.8 Å². The maximum atomic E-state index is 13.8. The topological polar surface area (TPSA) is 96.1 Å². The zero-order valence-corrected chi connectivity index (χ0v) is 23.5. The molecule has 8 rings (SSSR count). The Labute approximate surface area is 238 Å². The molecule has 2 saturated carbocycles. The van der Waals surface area contributed by atoms with Crippen molar-refractivity contribution in [3.63, 3.8) is 0 Å². The number of para-hydroxylation sites is 1. The second-order valence-corrected chi connectivity index (χ2v) is 12.2. The van der Waals surface area contributed by atoms with Gasteiger partial charge in [0, 0.05) is 60.4 Å². The van der Waals surface area contributed by atoms with Gasteiger partial charge >= 0.3 is 0 Å². The van der Waals surface area contributed by atoms with Crippen molar-refractivity contribution >= 4 is 27.8 Å². The van der Waals surface area contributed by atoms with Gasteiger partial charge in [-0.3, -0.25) is 9.48 Å². The molecule has 9 heteroatoms. The van der Waals surface area contributed by atoms with E-state index >= 15 is 0 Å². The maximum absolute atomic E-state index is 13.8. The van der Waals surface area contributed by atoms with Gasteiger partial charge in [0.2, 0.25) is 0 Å². The van der Waals surface area contributed by atoms with Crippen molar-refractivity contribution in [2.45, 2.75) is 50.9 Å². The fourth-order valence-electron chi connectivity index (χ4n) is 7.19. The number of benzene rings is 2. The van der Waals surface area contributed by atoms with E-state index < -0.39 is 0 Å². The summed E-state index contributed by atoms with van der Waals surface area (Å²) < 4.78 is 12.4. The number of aryl methyl sites for hydroxylation is 1. The smallest absolute Gasteiger partial charge is 0.254 e. The number of aromatic nitrogens is 5. The van der Waals surface area contributed by atoms with Crippen molar-refractivity contribution in [2.24, 2.45) is 24.6 Å². The number of nitrogens with two attached hydrogens (primary N) is 1. The molecule has 2 aliphatic carbocycles. The molecule has 0 unspecified atom stereocenters. The van der Waals surface area contributed by atoms with Crippen LogP contribution in [0.15, 0.2) is 54.9 Å². The number of carbonyl (C=O) groups excluding carboxylic acids is 1. The van der Waals surface area contributed by atoms with Crippen LogP contribution in [0.3, 0.4) is 0 Å². The molecule has 1 saturated heterocycles. The average molecular weight is 550 g/mol. The molecule has 210 valence electrons. The van der Waals surface area contributed by atoms with Gasteiger partial charge < -0.3 is 24.5 Å². The molecule has 1 aliphatic heterocycles. The zero-order valence-electron chi connectivity index (χ0n) is 23.5. The largest absolute Gasteiger partial charge is 0.494 e. The fourth-order valence-corrected chi connectivity index (χ4v) is 7.19. The van der Waals surface area contributed by atoms with E-state index in [2.05, 4.69) is 44.6 Å². The number of imidazole rings is 1. The van der Waals surface area contributed by atoms with Gasteiger partial charge in [-0.25, -0.2) is 4.98 Å². The number of nitrogens with zero attached hydrogens (tertiary/aromatic N) is 6. The molecule has 5 aromatic rings. The Morgan fingerprint density at radius 1 is 1.10 bits per heavy atom. The lowest BCUT2D eigenvalue weighted by molar-refractivity contribution is 0.0700. The molecule has 2 aromatic carbocycles. The van der Waals surface area contributed by atoms with Crippen LogP contribution in [0.5, 0.6) is 5.75 Å². The van der Waals surface area contributed by atoms with E-state index in [1.165, 1.54) is 23.7 Å². The lowest BCUT2D eigenvalue weighted by atomic mass is 10.1. The molecule has 3 atom stereocenters. The lowest BCUT2D eigenvalue weighted by Gasteiger charge is -2.27. The molecule has 41 heavy (non-hydrogen) atoms. The van der Waals surface area contributed by atoms with Gasteiger partial charge in [0.05, 0.1) is 31.1 Å². The summed E-state index contributed by atoms with van der Waals surface area (Å²) in [4.78, 5) is 21.0. The lowest BCUT2D eigenvalue weighted by Crippen LogP contribution is -2.41. The molecule has 0 spiro atoms. The van der Waals surface area contributed by atoms with Gasteiger partial charge in [-0.2, -0.15) is 5.10 Å². The molecule has 3 aliphatic rings. The first kappa shape index (κ1) is 24.7. The van der Waals surface area contributed by atoms with E-state index in [4.69, 9.17) is 15.5 Å². The Morgan fingerprint density at radius 3 is 2.66 bits per heavy atom. The summed E-state index contributed by atoms with van der Waals surface area (Å²) in [5.41, 5.74) is 12.0. The first-order chi connectivity index (χ1) is 20.0. The minimum absolute atomic E-state index is 0.0130. The molecule has 3 fully saturated rings. The summed E-state index contributed by atoms with van der Waals surface area (Å²) in [5, 5.41) is 5.61. The first-order valence-electron chi connectivity index (χ1n) is 14.7. The number of ether oxygens (including phenoxy) is 1. The quantitative estimate of drug-likeness (QED) is 0.324. The number of rotatable bonds is 7. The number of likely N-dealkylation sites (tertiary alicyclic amines) is 1. The van der Waals surface area contributed by atoms with Crippen molar-refractivity contribution in [3.8, 4) is 17.3 Å². The predicted octanol–water partition coefficient (Wildman–Crippen LogP) is 4.42. The maximum Gasteiger partial charge on any atom is 0.254 e. The highest BCUT2D eigenvalue weighted by Crippen LogP contribution is 2.40. The van der Waals surface area contributed by atoms with Gasteiger partial charge in [0.15, 0.2) is 5.82 Å². The molecule has 1 amide bonds. The highest BCUT2D eigenvalue weighted by Gasteiger charge is 2.47. The van der Waals surface area contributed by atoms with Crippen LogP contribution in [0.25, 0.3) is 33.5 Å². The third-order valence-corrected chi connectivity index (χ3v) is 9.46. The van der Waals surface area contributed by atoms with Crippen molar-refractivity contribution in [2.75, 3.05) is 13.7 Å². The number of carbonyl (C=O) groups is 1. The summed E-state index contributed by atoms with van der Waals surface area (Å²) in [5.74, 6) is 2.62. The molecule has 4 heterocycles. The summed E-state index contributed by atoms with van der Waals surface area (Å²) in [6.07, 6.45) is 8.54. The number of piperidine rings is 1. The summed E-state index contributed by atoms with van der Waals surface area (Å²) in [6, 6.07) is 14.8. The van der Waals surface area contributed by atoms with Gasteiger partial charge in [-0.1, -0.05) is 18.2 Å². The highest BCUT2D eigenvalue weighted by molar-refractivity contribution is 6.00. The highest BCUT2D eigenvalue weighted by atomic mass is 16.5. The summed E-state index contributed by atoms with van der Waals surface area (Å²) in [7, 11) is 3.60. The average Bonchev–Trinajstić information content (AvgIpc) is 3.25. The third-order valence-electron chi connectivity index (χ3n) is 9.46. The van der Waals surface area contributed by atoms with Crippen LogP contribution >= 0.6 is 0 Å². The van der Waals surface area contributed by atoms with E-state index in [-0.39, 0.29) is 18.0 Å². The Hall–Kier alpha value is -4.11. The molecule has 2 bridgehead atoms. The van der Waals surface area contributed by atoms with Crippen LogP contribution in [0.4, 0.5) is 0 Å². The Bertz CT molecular complexity index is 1810. The van der Waals surface area contributed by atoms with Crippen molar-refractivity contribution in [3.05, 3.63) is 66.0 Å². The number of fused-ring (bicyclic) bond motifs is 4.